The number of benzene rings is 1. The molecule has 2 fully saturated rings. The maximum atomic E-state index is 12.9. The Morgan fingerprint density at radius 3 is 2.52 bits per heavy atom. The molecule has 1 aliphatic carbocycles. The third-order valence-electron chi connectivity index (χ3n) is 6.96. The number of amides is 2. The number of aryl methyl sites for hydroxylation is 1. The van der Waals surface area contributed by atoms with Crippen LogP contribution in [-0.2, 0) is 21.4 Å². The highest BCUT2D eigenvalue weighted by Gasteiger charge is 2.31. The molecule has 166 valence electrons. The van der Waals surface area contributed by atoms with Gasteiger partial charge in [0.1, 0.15) is 6.04 Å². The lowest BCUT2D eigenvalue weighted by Crippen LogP contribution is -2.44. The number of rotatable bonds is 6. The molecule has 4 rings (SSSR count). The zero-order valence-electron chi connectivity index (χ0n) is 17.8. The number of carbonyl (C=O) groups is 3. The molecule has 31 heavy (non-hydrogen) atoms. The van der Waals surface area contributed by atoms with Gasteiger partial charge in [0.25, 0.3) is 0 Å². The molecule has 2 aliphatic rings. The average molecular weight is 428 g/mol. The molecule has 8 nitrogen and oxygen atoms in total. The van der Waals surface area contributed by atoms with Crippen LogP contribution < -0.4 is 11.0 Å². The Balaban J connectivity index is 1.51. The van der Waals surface area contributed by atoms with Gasteiger partial charge in [-0.15, -0.1) is 0 Å². The van der Waals surface area contributed by atoms with Gasteiger partial charge in [0.15, 0.2) is 0 Å². The van der Waals surface area contributed by atoms with E-state index in [0.717, 1.165) is 44.0 Å². The van der Waals surface area contributed by atoms with Crippen molar-refractivity contribution in [3.63, 3.8) is 0 Å². The fourth-order valence-corrected chi connectivity index (χ4v) is 5.19. The molecule has 2 amide bonds. The summed E-state index contributed by atoms with van der Waals surface area (Å²) in [5, 5.41) is 11.1. The molecule has 1 aromatic heterocycles. The van der Waals surface area contributed by atoms with Crippen LogP contribution in [0, 0.1) is 5.92 Å². The second-order valence-corrected chi connectivity index (χ2v) is 8.93. The van der Waals surface area contributed by atoms with Gasteiger partial charge in [-0.05, 0) is 74.5 Å². The summed E-state index contributed by atoms with van der Waals surface area (Å²) in [5.41, 5.74) is 2.47. The number of imidazole rings is 1. The molecular formula is C23H29N3O5. The van der Waals surface area contributed by atoms with Crippen molar-refractivity contribution >= 4 is 28.8 Å². The monoisotopic (exact) mass is 427 g/mol. The number of piperidine rings is 1. The van der Waals surface area contributed by atoms with Crippen molar-refractivity contribution in [1.29, 1.82) is 0 Å². The first kappa shape index (κ1) is 21.3. The molecule has 1 aliphatic heterocycles. The highest BCUT2D eigenvalue weighted by Crippen LogP contribution is 2.38. The third kappa shape index (κ3) is 4.29. The smallest absolute Gasteiger partial charge is 0.329 e. The van der Waals surface area contributed by atoms with Crippen molar-refractivity contribution < 1.29 is 19.5 Å². The van der Waals surface area contributed by atoms with E-state index in [0.29, 0.717) is 23.8 Å². The molecule has 0 bridgehead atoms. The number of aromatic nitrogens is 2. The van der Waals surface area contributed by atoms with Crippen LogP contribution in [0.25, 0.3) is 11.0 Å². The molecule has 2 aromatic rings. The van der Waals surface area contributed by atoms with E-state index in [2.05, 4.69) is 17.4 Å². The molecule has 8 heteroatoms. The van der Waals surface area contributed by atoms with Crippen LogP contribution in [0.3, 0.4) is 0 Å². The molecule has 1 aromatic carbocycles. The van der Waals surface area contributed by atoms with Gasteiger partial charge in [-0.1, -0.05) is 6.07 Å². The minimum atomic E-state index is -0.725. The second kappa shape index (κ2) is 8.69. The molecule has 2 N–H and O–H groups in total. The first-order chi connectivity index (χ1) is 14.8. The first-order valence-corrected chi connectivity index (χ1v) is 11.1. The zero-order valence-corrected chi connectivity index (χ0v) is 17.8. The van der Waals surface area contributed by atoms with E-state index in [1.807, 2.05) is 6.07 Å². The molecule has 2 heterocycles. The highest BCUT2D eigenvalue weighted by molar-refractivity contribution is 6.00. The Morgan fingerprint density at radius 2 is 1.84 bits per heavy atom. The van der Waals surface area contributed by atoms with Crippen LogP contribution in [0.15, 0.2) is 23.0 Å². The van der Waals surface area contributed by atoms with E-state index in [1.165, 1.54) is 10.1 Å². The van der Waals surface area contributed by atoms with E-state index < -0.39 is 17.9 Å². The molecule has 0 spiro atoms. The van der Waals surface area contributed by atoms with Gasteiger partial charge in [0.2, 0.25) is 11.8 Å². The second-order valence-electron chi connectivity index (χ2n) is 8.93. The Hall–Kier alpha value is -2.90. The molecule has 1 unspecified atom stereocenters. The van der Waals surface area contributed by atoms with Crippen molar-refractivity contribution in [2.24, 2.45) is 13.0 Å². The maximum absolute atomic E-state index is 12.9. The van der Waals surface area contributed by atoms with E-state index in [1.54, 1.807) is 11.6 Å². The normalized spacial score (nSPS) is 24.4. The van der Waals surface area contributed by atoms with Crippen LogP contribution in [0.1, 0.15) is 75.3 Å². The summed E-state index contributed by atoms with van der Waals surface area (Å²) in [6.07, 6.45) is 6.83. The summed E-state index contributed by atoms with van der Waals surface area (Å²) >= 11 is 0. The van der Waals surface area contributed by atoms with Crippen LogP contribution in [0.2, 0.25) is 0 Å². The number of imide groups is 1. The van der Waals surface area contributed by atoms with Crippen molar-refractivity contribution in [3.8, 4) is 0 Å². The summed E-state index contributed by atoms with van der Waals surface area (Å²) in [5.74, 6) is -0.421. The van der Waals surface area contributed by atoms with Crippen LogP contribution >= 0.6 is 0 Å². The van der Waals surface area contributed by atoms with Crippen molar-refractivity contribution in [2.75, 3.05) is 0 Å². The van der Waals surface area contributed by atoms with E-state index >= 15 is 0 Å². The summed E-state index contributed by atoms with van der Waals surface area (Å²) in [6, 6.07) is 5.38. The van der Waals surface area contributed by atoms with Gasteiger partial charge in [0.05, 0.1) is 11.0 Å². The van der Waals surface area contributed by atoms with Gasteiger partial charge in [-0.2, -0.15) is 0 Å². The van der Waals surface area contributed by atoms with Gasteiger partial charge < -0.3 is 5.11 Å². The molecular weight excluding hydrogens is 398 g/mol. The summed E-state index contributed by atoms with van der Waals surface area (Å²) in [4.78, 5) is 47.4. The lowest BCUT2D eigenvalue weighted by molar-refractivity contribution is -0.137. The van der Waals surface area contributed by atoms with Crippen LogP contribution in [-0.4, -0.2) is 32.0 Å². The summed E-state index contributed by atoms with van der Waals surface area (Å²) in [6.45, 7) is 0. The average Bonchev–Trinajstić information content (AvgIpc) is 2.98. The van der Waals surface area contributed by atoms with Gasteiger partial charge in [-0.3, -0.25) is 28.8 Å². The Bertz CT molecular complexity index is 1070. The lowest BCUT2D eigenvalue weighted by atomic mass is 9.77. The highest BCUT2D eigenvalue weighted by atomic mass is 16.4. The van der Waals surface area contributed by atoms with Gasteiger partial charge in [-0.25, -0.2) is 4.79 Å². The maximum Gasteiger partial charge on any atom is 0.329 e. The Morgan fingerprint density at radius 1 is 1.10 bits per heavy atom. The van der Waals surface area contributed by atoms with Gasteiger partial charge in [0, 0.05) is 19.9 Å². The fourth-order valence-electron chi connectivity index (χ4n) is 5.19. The predicted molar refractivity (Wildman–Crippen MR) is 115 cm³/mol. The fraction of sp³-hybridized carbons (Fsp3) is 0.565. The van der Waals surface area contributed by atoms with Crippen molar-refractivity contribution in [2.45, 2.75) is 69.7 Å². The first-order valence-electron chi connectivity index (χ1n) is 11.1. The number of nitrogens with one attached hydrogen (secondary N) is 1. The van der Waals surface area contributed by atoms with E-state index in [9.17, 15) is 19.2 Å². The van der Waals surface area contributed by atoms with Crippen LogP contribution in [0.4, 0.5) is 0 Å². The molecule has 1 saturated heterocycles. The van der Waals surface area contributed by atoms with E-state index in [-0.39, 0.29) is 24.4 Å². The summed E-state index contributed by atoms with van der Waals surface area (Å²) in [7, 11) is 1.72. The van der Waals surface area contributed by atoms with Crippen molar-refractivity contribution in [3.05, 3.63) is 34.2 Å². The van der Waals surface area contributed by atoms with Crippen LogP contribution in [0.5, 0.6) is 0 Å². The van der Waals surface area contributed by atoms with Gasteiger partial charge >= 0.3 is 11.7 Å². The summed E-state index contributed by atoms with van der Waals surface area (Å²) < 4.78 is 3.10. The molecule has 1 saturated carbocycles. The number of aliphatic carboxylic acids is 1. The predicted octanol–water partition coefficient (Wildman–Crippen LogP) is 2.85. The number of carboxylic acid groups (broad SMARTS) is 1. The molecule has 0 radical (unpaired) electrons. The quantitative estimate of drug-likeness (QED) is 0.689. The number of hydrogen-bond acceptors (Lipinski definition) is 4. The Labute approximate surface area is 180 Å². The van der Waals surface area contributed by atoms with E-state index in [4.69, 9.17) is 5.11 Å². The number of carboxylic acids is 1. The van der Waals surface area contributed by atoms with Crippen molar-refractivity contribution in [1.82, 2.24) is 14.5 Å². The number of hydrogen-bond donors (Lipinski definition) is 2. The third-order valence-corrected chi connectivity index (χ3v) is 6.96. The largest absolute Gasteiger partial charge is 0.481 e. The number of carbonyl (C=O) groups excluding carboxylic acids is 2. The standard InChI is InChI=1S/C23H29N3O5/c1-25-19-13-16(15-7-5-14(6-8-15)3-2-4-21(28)29)9-10-17(19)26(23(25)31)18-11-12-20(27)24-22(18)30/h9-10,13-15,18H,2-8,11-12H2,1H3,(H,28,29)(H,24,27,30)/t14-,15-,18?. The minimum absolute atomic E-state index is 0.229. The zero-order chi connectivity index (χ0) is 22.1. The Kier molecular flexibility index (Phi) is 5.98. The SMILES string of the molecule is Cn1c(=O)n(C2CCC(=O)NC2=O)c2ccc([C@H]3CC[C@H](CCCC(=O)O)CC3)cc21. The number of nitrogens with zero attached hydrogens (tertiary/aromatic N) is 2. The topological polar surface area (TPSA) is 110 Å². The molecule has 1 atom stereocenters. The lowest BCUT2D eigenvalue weighted by Gasteiger charge is -2.29. The minimum Gasteiger partial charge on any atom is -0.481 e. The number of fused-ring (bicyclic) bond motifs is 1.